The SMILES string of the molecule is [C-]#[N+]c1ccc(-n2c3ccccc3c3c2ccc2c4ccccc4n(-c4ccccc4)c23)c(-c2ccc(-c3c(C)cccc3C(F)(F)F)cc2-n2c3ccccc3c3c2ccc2c4ccccc4n(-c4ccccc4)c23)c1. The first-order chi connectivity index (χ1) is 37.8. The highest BCUT2D eigenvalue weighted by molar-refractivity contribution is 6.28. The van der Waals surface area contributed by atoms with E-state index in [0.717, 1.165) is 115 Å². The summed E-state index contributed by atoms with van der Waals surface area (Å²) >= 11 is 0. The molecule has 0 aliphatic carbocycles. The fourth-order valence-corrected chi connectivity index (χ4v) is 12.6. The molecule has 11 aromatic carbocycles. The molecule has 0 atom stereocenters. The molecule has 77 heavy (non-hydrogen) atoms. The minimum atomic E-state index is -4.62. The van der Waals surface area contributed by atoms with Crippen molar-refractivity contribution in [3.63, 3.8) is 0 Å². The highest BCUT2D eigenvalue weighted by Gasteiger charge is 2.35. The molecule has 0 radical (unpaired) electrons. The normalized spacial score (nSPS) is 12.1. The highest BCUT2D eigenvalue weighted by atomic mass is 19.4. The lowest BCUT2D eigenvalue weighted by Crippen LogP contribution is -2.08. The van der Waals surface area contributed by atoms with Gasteiger partial charge in [-0.3, -0.25) is 0 Å². The maximum atomic E-state index is 15.3. The number of fused-ring (bicyclic) bond motifs is 14. The summed E-state index contributed by atoms with van der Waals surface area (Å²) < 4.78 is 55.0. The largest absolute Gasteiger partial charge is 0.417 e. The van der Waals surface area contributed by atoms with Gasteiger partial charge in [0.2, 0.25) is 0 Å². The van der Waals surface area contributed by atoms with Gasteiger partial charge < -0.3 is 18.3 Å². The molecule has 8 heteroatoms. The first-order valence-corrected chi connectivity index (χ1v) is 25.6. The van der Waals surface area contributed by atoms with Crippen LogP contribution in [0.3, 0.4) is 0 Å². The Kier molecular flexibility index (Phi) is 9.63. The maximum absolute atomic E-state index is 15.3. The van der Waals surface area contributed by atoms with Gasteiger partial charge in [-0.15, -0.1) is 0 Å². The van der Waals surface area contributed by atoms with Crippen LogP contribution in [-0.2, 0) is 6.18 Å². The van der Waals surface area contributed by atoms with Crippen LogP contribution >= 0.6 is 0 Å². The van der Waals surface area contributed by atoms with Crippen LogP contribution in [0.1, 0.15) is 11.1 Å². The van der Waals surface area contributed by atoms with Crippen molar-refractivity contribution in [2.75, 3.05) is 0 Å². The Hall–Kier alpha value is -10.1. The molecule has 15 aromatic rings. The number of rotatable bonds is 6. The Morgan fingerprint density at radius 1 is 0.377 bits per heavy atom. The summed E-state index contributed by atoms with van der Waals surface area (Å²) in [7, 11) is 0. The summed E-state index contributed by atoms with van der Waals surface area (Å²) in [5.74, 6) is 0. The van der Waals surface area contributed by atoms with Crippen molar-refractivity contribution in [3.05, 3.63) is 259 Å². The topological polar surface area (TPSA) is 24.1 Å². The van der Waals surface area contributed by atoms with Gasteiger partial charge in [0, 0.05) is 60.0 Å². The van der Waals surface area contributed by atoms with E-state index in [2.05, 4.69) is 187 Å². The van der Waals surface area contributed by atoms with E-state index in [1.54, 1.807) is 13.0 Å². The molecular formula is C69H42F3N5. The van der Waals surface area contributed by atoms with Crippen LogP contribution in [0.5, 0.6) is 0 Å². The third-order valence-electron chi connectivity index (χ3n) is 15.7. The zero-order chi connectivity index (χ0) is 51.7. The Morgan fingerprint density at radius 2 is 0.857 bits per heavy atom. The zero-order valence-electron chi connectivity index (χ0n) is 41.4. The van der Waals surface area contributed by atoms with E-state index in [0.29, 0.717) is 22.5 Å². The quantitative estimate of drug-likeness (QED) is 0.148. The molecule has 0 saturated carbocycles. The summed E-state index contributed by atoms with van der Waals surface area (Å²) in [4.78, 5) is 4.02. The molecule has 364 valence electrons. The van der Waals surface area contributed by atoms with Crippen LogP contribution in [0.4, 0.5) is 18.9 Å². The molecule has 15 rings (SSSR count). The molecule has 0 spiro atoms. The molecular weight excluding hydrogens is 956 g/mol. The van der Waals surface area contributed by atoms with Gasteiger partial charge in [0.25, 0.3) is 0 Å². The fourth-order valence-electron chi connectivity index (χ4n) is 12.6. The molecule has 0 unspecified atom stereocenters. The van der Waals surface area contributed by atoms with Crippen molar-refractivity contribution >= 4 is 92.9 Å². The van der Waals surface area contributed by atoms with Gasteiger partial charge in [0.15, 0.2) is 5.69 Å². The van der Waals surface area contributed by atoms with Gasteiger partial charge in [0.05, 0.1) is 67.6 Å². The van der Waals surface area contributed by atoms with Gasteiger partial charge >= 0.3 is 6.18 Å². The third kappa shape index (κ3) is 6.47. The third-order valence-corrected chi connectivity index (χ3v) is 15.7. The molecule has 5 nitrogen and oxygen atoms in total. The minimum Gasteiger partial charge on any atom is -0.309 e. The van der Waals surface area contributed by atoms with Crippen LogP contribution in [0, 0.1) is 13.5 Å². The highest BCUT2D eigenvalue weighted by Crippen LogP contribution is 2.49. The summed E-state index contributed by atoms with van der Waals surface area (Å²) in [5, 5.41) is 8.61. The summed E-state index contributed by atoms with van der Waals surface area (Å²) in [6, 6.07) is 79.3. The van der Waals surface area contributed by atoms with Crippen molar-refractivity contribution < 1.29 is 13.2 Å². The number of aromatic nitrogens is 4. The number of benzene rings is 11. The van der Waals surface area contributed by atoms with Crippen molar-refractivity contribution in [2.24, 2.45) is 0 Å². The van der Waals surface area contributed by atoms with Crippen LogP contribution in [0.2, 0.25) is 0 Å². The molecule has 0 fully saturated rings. The molecule has 0 amide bonds. The molecule has 0 aliphatic rings. The van der Waals surface area contributed by atoms with E-state index in [1.165, 1.54) is 12.1 Å². The second-order valence-electron chi connectivity index (χ2n) is 19.8. The first-order valence-electron chi connectivity index (χ1n) is 25.6. The lowest BCUT2D eigenvalue weighted by Gasteiger charge is -2.21. The second-order valence-corrected chi connectivity index (χ2v) is 19.8. The van der Waals surface area contributed by atoms with Crippen LogP contribution in [-0.4, -0.2) is 18.3 Å². The number of hydrogen-bond donors (Lipinski definition) is 0. The van der Waals surface area contributed by atoms with Crippen molar-refractivity contribution in [2.45, 2.75) is 13.1 Å². The molecule has 0 bridgehead atoms. The predicted octanol–water partition coefficient (Wildman–Crippen LogP) is 19.3. The van der Waals surface area contributed by atoms with E-state index in [-0.39, 0.29) is 5.56 Å². The summed E-state index contributed by atoms with van der Waals surface area (Å²) in [6.45, 7) is 10.2. The van der Waals surface area contributed by atoms with Crippen LogP contribution in [0.15, 0.2) is 237 Å². The van der Waals surface area contributed by atoms with E-state index in [1.807, 2.05) is 54.6 Å². The number of nitrogens with zero attached hydrogens (tertiary/aromatic N) is 5. The molecule has 4 heterocycles. The Balaban J connectivity index is 1.09. The Labute approximate surface area is 439 Å². The molecule has 0 saturated heterocycles. The van der Waals surface area contributed by atoms with Crippen LogP contribution < -0.4 is 0 Å². The van der Waals surface area contributed by atoms with E-state index in [9.17, 15) is 0 Å². The number of alkyl halides is 3. The Bertz CT molecular complexity index is 4990. The number of hydrogen-bond acceptors (Lipinski definition) is 0. The summed E-state index contributed by atoms with van der Waals surface area (Å²) in [6.07, 6.45) is -4.62. The standard InChI is InChI=1S/C69H42F3N5/c1-42-18-17-27-55(69(70,71)72)64(42)43-32-34-49(63(40-43)77-59-31-16-12-26-53(59)66-62(77)39-36-51-48-24-10-14-29-57(48)75(68(51)66)46-21-7-4-8-22-46)54-41-44(73-2)33-37-60(54)76-58-30-15-11-25-52(58)65-61(76)38-35-50-47-23-9-13-28-56(47)74(67(50)65)45-19-5-3-6-20-45/h3-41H,1H3. The Morgan fingerprint density at radius 3 is 1.38 bits per heavy atom. The van der Waals surface area contributed by atoms with E-state index < -0.39 is 11.7 Å². The number of halogens is 3. The van der Waals surface area contributed by atoms with Gasteiger partial charge in [-0.2, -0.15) is 13.2 Å². The zero-order valence-corrected chi connectivity index (χ0v) is 41.4. The van der Waals surface area contributed by atoms with Crippen LogP contribution in [0.25, 0.3) is 137 Å². The number of aryl methyl sites for hydroxylation is 1. The minimum absolute atomic E-state index is 0.121. The second kappa shape index (κ2) is 16.7. The van der Waals surface area contributed by atoms with Gasteiger partial charge in [-0.1, -0.05) is 152 Å². The van der Waals surface area contributed by atoms with Crippen molar-refractivity contribution in [3.8, 4) is 45.0 Å². The maximum Gasteiger partial charge on any atom is 0.417 e. The van der Waals surface area contributed by atoms with Gasteiger partial charge in [-0.05, 0) is 114 Å². The fraction of sp³-hybridized carbons (Fsp3) is 0.0290. The predicted molar refractivity (Wildman–Crippen MR) is 311 cm³/mol. The first kappa shape index (κ1) is 44.4. The average Bonchev–Trinajstić information content (AvgIpc) is 4.41. The van der Waals surface area contributed by atoms with Gasteiger partial charge in [0.1, 0.15) is 0 Å². The van der Waals surface area contributed by atoms with Gasteiger partial charge in [-0.25, -0.2) is 4.85 Å². The molecule has 0 N–H and O–H groups in total. The lowest BCUT2D eigenvalue weighted by atomic mass is 9.91. The van der Waals surface area contributed by atoms with Crippen molar-refractivity contribution in [1.29, 1.82) is 0 Å². The smallest absolute Gasteiger partial charge is 0.309 e. The number of para-hydroxylation sites is 6. The molecule has 0 aliphatic heterocycles. The van der Waals surface area contributed by atoms with Crippen molar-refractivity contribution in [1.82, 2.24) is 18.3 Å². The average molecular weight is 998 g/mol. The summed E-state index contributed by atoms with van der Waals surface area (Å²) in [5.41, 5.74) is 13.8. The van der Waals surface area contributed by atoms with E-state index in [4.69, 9.17) is 6.57 Å². The monoisotopic (exact) mass is 997 g/mol. The molecule has 4 aromatic heterocycles. The van der Waals surface area contributed by atoms with E-state index >= 15 is 13.2 Å². The lowest BCUT2D eigenvalue weighted by molar-refractivity contribution is -0.137.